The quantitative estimate of drug-likeness (QED) is 0.675. The van der Waals surface area contributed by atoms with Crippen LogP contribution in [-0.4, -0.2) is 19.0 Å². The maximum absolute atomic E-state index is 11.7. The molecule has 18 heavy (non-hydrogen) atoms. The Morgan fingerprint density at radius 2 is 2.22 bits per heavy atom. The second kappa shape index (κ2) is 5.76. The van der Waals surface area contributed by atoms with Crippen LogP contribution < -0.4 is 16.4 Å². The fourth-order valence-corrected chi connectivity index (χ4v) is 1.93. The van der Waals surface area contributed by atoms with Crippen LogP contribution >= 0.6 is 0 Å². The molecule has 0 aromatic heterocycles. The standard InChI is InChI=1S/C14H21N3O/c1-2-16-14(18)11-5-6-12(15)13(9-11)17-8-7-10-3-4-10/h5-6,9-10,17H,2-4,7-8,15H2,1H3,(H,16,18). The number of hydrogen-bond acceptors (Lipinski definition) is 3. The molecule has 4 heteroatoms. The van der Waals surface area contributed by atoms with Gasteiger partial charge in [-0.25, -0.2) is 0 Å². The number of anilines is 2. The third-order valence-electron chi connectivity index (χ3n) is 3.22. The van der Waals surface area contributed by atoms with E-state index in [1.807, 2.05) is 13.0 Å². The van der Waals surface area contributed by atoms with Crippen LogP contribution in [0.5, 0.6) is 0 Å². The first-order chi connectivity index (χ1) is 8.70. The summed E-state index contributed by atoms with van der Waals surface area (Å²) in [6.45, 7) is 3.46. The Morgan fingerprint density at radius 3 is 2.89 bits per heavy atom. The summed E-state index contributed by atoms with van der Waals surface area (Å²) >= 11 is 0. The van der Waals surface area contributed by atoms with Gasteiger partial charge in [-0.3, -0.25) is 4.79 Å². The Hall–Kier alpha value is -1.71. The molecule has 1 aromatic carbocycles. The highest BCUT2D eigenvalue weighted by molar-refractivity contribution is 5.96. The molecule has 1 amide bonds. The summed E-state index contributed by atoms with van der Waals surface area (Å²) in [6, 6.07) is 5.36. The van der Waals surface area contributed by atoms with E-state index in [-0.39, 0.29) is 5.91 Å². The fraction of sp³-hybridized carbons (Fsp3) is 0.500. The van der Waals surface area contributed by atoms with Crippen LogP contribution in [0.2, 0.25) is 0 Å². The molecule has 1 aliphatic carbocycles. The van der Waals surface area contributed by atoms with Gasteiger partial charge in [-0.1, -0.05) is 12.8 Å². The van der Waals surface area contributed by atoms with Crippen LogP contribution in [-0.2, 0) is 0 Å². The van der Waals surface area contributed by atoms with E-state index < -0.39 is 0 Å². The molecule has 2 rings (SSSR count). The maximum atomic E-state index is 11.7. The third-order valence-corrected chi connectivity index (χ3v) is 3.22. The van der Waals surface area contributed by atoms with Gasteiger partial charge in [-0.2, -0.15) is 0 Å². The fourth-order valence-electron chi connectivity index (χ4n) is 1.93. The van der Waals surface area contributed by atoms with Gasteiger partial charge in [0, 0.05) is 18.7 Å². The Labute approximate surface area is 108 Å². The minimum Gasteiger partial charge on any atom is -0.397 e. The third kappa shape index (κ3) is 3.39. The Morgan fingerprint density at radius 1 is 1.44 bits per heavy atom. The van der Waals surface area contributed by atoms with Crippen LogP contribution in [0.3, 0.4) is 0 Å². The number of amides is 1. The summed E-state index contributed by atoms with van der Waals surface area (Å²) in [5.74, 6) is 0.841. The number of carbonyl (C=O) groups excluding carboxylic acids is 1. The molecule has 4 N–H and O–H groups in total. The molecule has 0 unspecified atom stereocenters. The van der Waals surface area contributed by atoms with Crippen LogP contribution in [0.1, 0.15) is 36.5 Å². The lowest BCUT2D eigenvalue weighted by Crippen LogP contribution is -2.22. The predicted octanol–water partition coefficient (Wildman–Crippen LogP) is 2.23. The molecule has 0 aliphatic heterocycles. The smallest absolute Gasteiger partial charge is 0.251 e. The average molecular weight is 247 g/mol. The monoisotopic (exact) mass is 247 g/mol. The summed E-state index contributed by atoms with van der Waals surface area (Å²) in [5, 5.41) is 6.10. The molecular weight excluding hydrogens is 226 g/mol. The van der Waals surface area contributed by atoms with Gasteiger partial charge in [0.2, 0.25) is 0 Å². The highest BCUT2D eigenvalue weighted by Crippen LogP contribution is 2.32. The first kappa shape index (κ1) is 12.7. The van der Waals surface area contributed by atoms with Crippen molar-refractivity contribution < 1.29 is 4.79 Å². The molecule has 0 atom stereocenters. The van der Waals surface area contributed by atoms with Crippen LogP contribution in [0, 0.1) is 5.92 Å². The molecule has 98 valence electrons. The van der Waals surface area contributed by atoms with E-state index in [1.165, 1.54) is 19.3 Å². The molecule has 0 radical (unpaired) electrons. The summed E-state index contributed by atoms with van der Waals surface area (Å²) in [6.07, 6.45) is 3.90. The second-order valence-corrected chi connectivity index (χ2v) is 4.82. The van der Waals surface area contributed by atoms with Gasteiger partial charge in [0.1, 0.15) is 0 Å². The minimum atomic E-state index is -0.0530. The summed E-state index contributed by atoms with van der Waals surface area (Å²) in [7, 11) is 0. The van der Waals surface area contributed by atoms with Crippen LogP contribution in [0.15, 0.2) is 18.2 Å². The molecule has 0 saturated heterocycles. The Kier molecular flexibility index (Phi) is 4.07. The molecule has 1 saturated carbocycles. The molecule has 0 bridgehead atoms. The van der Waals surface area contributed by atoms with Crippen molar-refractivity contribution in [3.8, 4) is 0 Å². The van der Waals surface area contributed by atoms with Crippen molar-refractivity contribution in [1.29, 1.82) is 0 Å². The molecular formula is C14H21N3O. The van der Waals surface area contributed by atoms with Crippen molar-refractivity contribution in [3.05, 3.63) is 23.8 Å². The van der Waals surface area contributed by atoms with Gasteiger partial charge < -0.3 is 16.4 Å². The number of rotatable bonds is 6. The highest BCUT2D eigenvalue weighted by Gasteiger charge is 2.20. The first-order valence-corrected chi connectivity index (χ1v) is 6.62. The highest BCUT2D eigenvalue weighted by atomic mass is 16.1. The number of benzene rings is 1. The summed E-state index contributed by atoms with van der Waals surface area (Å²) in [4.78, 5) is 11.7. The zero-order valence-electron chi connectivity index (χ0n) is 10.8. The van der Waals surface area contributed by atoms with E-state index in [0.29, 0.717) is 17.8 Å². The zero-order chi connectivity index (χ0) is 13.0. The molecule has 0 heterocycles. The van der Waals surface area contributed by atoms with Crippen molar-refractivity contribution in [1.82, 2.24) is 5.32 Å². The SMILES string of the molecule is CCNC(=O)c1ccc(N)c(NCCC2CC2)c1. The van der Waals surface area contributed by atoms with E-state index >= 15 is 0 Å². The molecule has 4 nitrogen and oxygen atoms in total. The van der Waals surface area contributed by atoms with Gasteiger partial charge in [0.05, 0.1) is 11.4 Å². The number of carbonyl (C=O) groups is 1. The molecule has 0 spiro atoms. The Bertz CT molecular complexity index is 427. The number of hydrogen-bond donors (Lipinski definition) is 3. The van der Waals surface area contributed by atoms with E-state index in [4.69, 9.17) is 5.73 Å². The van der Waals surface area contributed by atoms with Crippen molar-refractivity contribution in [2.45, 2.75) is 26.2 Å². The van der Waals surface area contributed by atoms with Gasteiger partial charge in [0.15, 0.2) is 0 Å². The van der Waals surface area contributed by atoms with Crippen molar-refractivity contribution in [3.63, 3.8) is 0 Å². The second-order valence-electron chi connectivity index (χ2n) is 4.82. The van der Waals surface area contributed by atoms with Crippen molar-refractivity contribution in [2.75, 3.05) is 24.1 Å². The van der Waals surface area contributed by atoms with E-state index in [2.05, 4.69) is 10.6 Å². The van der Waals surface area contributed by atoms with Crippen LogP contribution in [0.25, 0.3) is 0 Å². The van der Waals surface area contributed by atoms with Crippen molar-refractivity contribution in [2.24, 2.45) is 5.92 Å². The molecule has 1 aliphatic rings. The predicted molar refractivity (Wildman–Crippen MR) is 74.7 cm³/mol. The number of nitrogens with two attached hydrogens (primary N) is 1. The normalized spacial score (nSPS) is 14.3. The lowest BCUT2D eigenvalue weighted by molar-refractivity contribution is 0.0956. The van der Waals surface area contributed by atoms with E-state index in [0.717, 1.165) is 18.2 Å². The molecule has 1 aromatic rings. The van der Waals surface area contributed by atoms with Gasteiger partial charge >= 0.3 is 0 Å². The Balaban J connectivity index is 1.98. The van der Waals surface area contributed by atoms with Crippen LogP contribution in [0.4, 0.5) is 11.4 Å². The van der Waals surface area contributed by atoms with Crippen molar-refractivity contribution >= 4 is 17.3 Å². The average Bonchev–Trinajstić information content (AvgIpc) is 3.16. The van der Waals surface area contributed by atoms with Gasteiger partial charge in [0.25, 0.3) is 5.91 Å². The van der Waals surface area contributed by atoms with Gasteiger partial charge in [-0.05, 0) is 37.5 Å². The van der Waals surface area contributed by atoms with E-state index in [1.54, 1.807) is 12.1 Å². The topological polar surface area (TPSA) is 67.2 Å². The molecule has 1 fully saturated rings. The minimum absolute atomic E-state index is 0.0530. The van der Waals surface area contributed by atoms with Gasteiger partial charge in [-0.15, -0.1) is 0 Å². The summed E-state index contributed by atoms with van der Waals surface area (Å²) < 4.78 is 0. The largest absolute Gasteiger partial charge is 0.397 e. The summed E-state index contributed by atoms with van der Waals surface area (Å²) in [5.41, 5.74) is 8.11. The lowest BCUT2D eigenvalue weighted by Gasteiger charge is -2.11. The lowest BCUT2D eigenvalue weighted by atomic mass is 10.1. The zero-order valence-corrected chi connectivity index (χ0v) is 10.8. The number of nitrogens with one attached hydrogen (secondary N) is 2. The maximum Gasteiger partial charge on any atom is 0.251 e. The first-order valence-electron chi connectivity index (χ1n) is 6.62. The van der Waals surface area contributed by atoms with E-state index in [9.17, 15) is 4.79 Å². The number of nitrogen functional groups attached to an aromatic ring is 1.